The standard InChI is InChI=1S/C27H27N3O3S/c1-21(31)29-16-14-25(15-17-29)33-27-13-12-24(18-23(27)19-28)30(20-22-8-4-2-5-9-22)34(32)26-10-6-3-7-11-26/h2-13,18,25H,14-17,20H2,1H3. The minimum absolute atomic E-state index is 0.0487. The van der Waals surface area contributed by atoms with Gasteiger partial charge in [-0.25, -0.2) is 4.21 Å². The summed E-state index contributed by atoms with van der Waals surface area (Å²) >= 11 is 0. The Kier molecular flexibility index (Phi) is 7.61. The van der Waals surface area contributed by atoms with Crippen LogP contribution in [0.1, 0.15) is 30.9 Å². The van der Waals surface area contributed by atoms with E-state index in [-0.39, 0.29) is 12.0 Å². The van der Waals surface area contributed by atoms with Crippen molar-refractivity contribution < 1.29 is 13.7 Å². The molecule has 1 unspecified atom stereocenters. The van der Waals surface area contributed by atoms with Crippen molar-refractivity contribution in [1.82, 2.24) is 4.90 Å². The molecule has 1 amide bonds. The number of hydrogen-bond acceptors (Lipinski definition) is 4. The largest absolute Gasteiger partial charge is 0.489 e. The first-order valence-corrected chi connectivity index (χ1v) is 12.4. The van der Waals surface area contributed by atoms with Crippen molar-refractivity contribution in [3.8, 4) is 11.8 Å². The molecule has 0 radical (unpaired) electrons. The van der Waals surface area contributed by atoms with Gasteiger partial charge in [0.1, 0.15) is 17.9 Å². The Labute approximate surface area is 203 Å². The Hall–Kier alpha value is -3.63. The fourth-order valence-electron chi connectivity index (χ4n) is 3.99. The van der Waals surface area contributed by atoms with Gasteiger partial charge >= 0.3 is 0 Å². The average molecular weight is 474 g/mol. The topological polar surface area (TPSA) is 73.6 Å². The number of piperidine rings is 1. The molecule has 3 aromatic carbocycles. The summed E-state index contributed by atoms with van der Waals surface area (Å²) in [6.07, 6.45) is 1.40. The molecule has 0 aliphatic carbocycles. The number of nitrogens with zero attached hydrogens (tertiary/aromatic N) is 3. The summed E-state index contributed by atoms with van der Waals surface area (Å²) in [5, 5.41) is 9.84. The summed E-state index contributed by atoms with van der Waals surface area (Å²) in [5.74, 6) is 0.586. The number of benzene rings is 3. The molecule has 1 fully saturated rings. The number of hydrogen-bond donors (Lipinski definition) is 0. The maximum Gasteiger partial charge on any atom is 0.219 e. The number of rotatable bonds is 7. The molecule has 0 saturated carbocycles. The normalized spacial score (nSPS) is 14.8. The van der Waals surface area contributed by atoms with Gasteiger partial charge in [0, 0.05) is 32.9 Å². The molecule has 4 rings (SSSR count). The number of amides is 1. The van der Waals surface area contributed by atoms with Crippen molar-refractivity contribution in [2.24, 2.45) is 0 Å². The van der Waals surface area contributed by atoms with Crippen LogP contribution in [0.4, 0.5) is 5.69 Å². The van der Waals surface area contributed by atoms with Crippen LogP contribution >= 0.6 is 0 Å². The van der Waals surface area contributed by atoms with E-state index in [1.165, 1.54) is 0 Å². The first kappa shape index (κ1) is 23.5. The molecule has 1 saturated heterocycles. The van der Waals surface area contributed by atoms with Crippen LogP contribution in [0.3, 0.4) is 0 Å². The van der Waals surface area contributed by atoms with E-state index in [2.05, 4.69) is 6.07 Å². The third-order valence-electron chi connectivity index (χ3n) is 5.87. The fourth-order valence-corrected chi connectivity index (χ4v) is 5.21. The van der Waals surface area contributed by atoms with Crippen molar-refractivity contribution in [1.29, 1.82) is 5.26 Å². The van der Waals surface area contributed by atoms with Crippen LogP contribution < -0.4 is 9.04 Å². The Morgan fingerprint density at radius 3 is 2.32 bits per heavy atom. The SMILES string of the molecule is CC(=O)N1CCC(Oc2ccc(N(Cc3ccccc3)S(=O)c3ccccc3)cc2C#N)CC1. The van der Waals surface area contributed by atoms with Crippen LogP contribution in [0, 0.1) is 11.3 Å². The van der Waals surface area contributed by atoms with Gasteiger partial charge in [-0.3, -0.25) is 9.10 Å². The summed E-state index contributed by atoms with van der Waals surface area (Å²) in [7, 11) is -1.46. The Balaban J connectivity index is 1.58. The van der Waals surface area contributed by atoms with Gasteiger partial charge in [-0.15, -0.1) is 0 Å². The zero-order chi connectivity index (χ0) is 23.9. The number of ether oxygens (including phenoxy) is 1. The first-order chi connectivity index (χ1) is 16.5. The third kappa shape index (κ3) is 5.64. The van der Waals surface area contributed by atoms with E-state index < -0.39 is 11.0 Å². The van der Waals surface area contributed by atoms with Crippen LogP contribution in [0.2, 0.25) is 0 Å². The number of nitriles is 1. The van der Waals surface area contributed by atoms with Gasteiger partial charge < -0.3 is 9.64 Å². The first-order valence-electron chi connectivity index (χ1n) is 11.3. The highest BCUT2D eigenvalue weighted by molar-refractivity contribution is 7.86. The molecule has 34 heavy (non-hydrogen) atoms. The molecule has 7 heteroatoms. The summed E-state index contributed by atoms with van der Waals surface area (Å²) in [4.78, 5) is 14.1. The molecular weight excluding hydrogens is 446 g/mol. The lowest BCUT2D eigenvalue weighted by Crippen LogP contribution is -2.40. The lowest BCUT2D eigenvalue weighted by Gasteiger charge is -2.31. The zero-order valence-electron chi connectivity index (χ0n) is 19.1. The predicted molar refractivity (Wildman–Crippen MR) is 133 cm³/mol. The molecule has 0 spiro atoms. The van der Waals surface area contributed by atoms with E-state index in [9.17, 15) is 14.3 Å². The highest BCUT2D eigenvalue weighted by Gasteiger charge is 2.24. The zero-order valence-corrected chi connectivity index (χ0v) is 19.9. The summed E-state index contributed by atoms with van der Waals surface area (Å²) in [5.41, 5.74) is 2.10. The lowest BCUT2D eigenvalue weighted by atomic mass is 10.1. The van der Waals surface area contributed by atoms with E-state index in [0.29, 0.717) is 41.5 Å². The second-order valence-corrected chi connectivity index (χ2v) is 9.61. The molecular formula is C27H27N3O3S. The molecule has 0 N–H and O–H groups in total. The van der Waals surface area contributed by atoms with Crippen LogP contribution in [-0.2, 0) is 22.3 Å². The van der Waals surface area contributed by atoms with Gasteiger partial charge in [0.2, 0.25) is 5.91 Å². The molecule has 0 bridgehead atoms. The average Bonchev–Trinajstić information content (AvgIpc) is 2.88. The van der Waals surface area contributed by atoms with Crippen LogP contribution in [-0.4, -0.2) is 34.2 Å². The van der Waals surface area contributed by atoms with Crippen LogP contribution in [0.5, 0.6) is 5.75 Å². The summed E-state index contributed by atoms with van der Waals surface area (Å²) < 4.78 is 21.5. The quantitative estimate of drug-likeness (QED) is 0.500. The molecule has 1 atom stereocenters. The second kappa shape index (κ2) is 11.0. The van der Waals surface area contributed by atoms with E-state index in [0.717, 1.165) is 18.4 Å². The van der Waals surface area contributed by atoms with Crippen molar-refractivity contribution >= 4 is 22.6 Å². The summed E-state index contributed by atoms with van der Waals surface area (Å²) in [6, 6.07) is 26.7. The van der Waals surface area contributed by atoms with Gasteiger partial charge in [-0.1, -0.05) is 48.5 Å². The smallest absolute Gasteiger partial charge is 0.219 e. The van der Waals surface area contributed by atoms with E-state index in [4.69, 9.17) is 4.74 Å². The van der Waals surface area contributed by atoms with Crippen molar-refractivity contribution in [2.75, 3.05) is 17.4 Å². The number of anilines is 1. The van der Waals surface area contributed by atoms with Crippen molar-refractivity contribution in [2.45, 2.75) is 37.3 Å². The minimum atomic E-state index is -1.46. The molecule has 3 aromatic rings. The van der Waals surface area contributed by atoms with Crippen molar-refractivity contribution in [3.05, 3.63) is 90.0 Å². The van der Waals surface area contributed by atoms with Gasteiger partial charge in [0.15, 0.2) is 11.0 Å². The molecule has 0 aromatic heterocycles. The molecule has 1 aliphatic rings. The molecule has 174 valence electrons. The Morgan fingerprint density at radius 2 is 1.71 bits per heavy atom. The van der Waals surface area contributed by atoms with Crippen molar-refractivity contribution in [3.63, 3.8) is 0 Å². The lowest BCUT2D eigenvalue weighted by molar-refractivity contribution is -0.130. The van der Waals surface area contributed by atoms with Gasteiger partial charge in [0.05, 0.1) is 22.7 Å². The van der Waals surface area contributed by atoms with Gasteiger partial charge in [-0.2, -0.15) is 5.26 Å². The number of carbonyl (C=O) groups is 1. The number of likely N-dealkylation sites (tertiary alicyclic amines) is 1. The van der Waals surface area contributed by atoms with E-state index in [1.54, 1.807) is 23.4 Å². The van der Waals surface area contributed by atoms with Gasteiger partial charge in [-0.05, 0) is 35.9 Å². The molecule has 1 heterocycles. The second-order valence-electron chi connectivity index (χ2n) is 8.20. The Bertz CT molecular complexity index is 1190. The predicted octanol–water partition coefficient (Wildman–Crippen LogP) is 4.68. The molecule has 1 aliphatic heterocycles. The van der Waals surface area contributed by atoms with Gasteiger partial charge in [0.25, 0.3) is 0 Å². The molecule has 6 nitrogen and oxygen atoms in total. The maximum absolute atomic E-state index is 13.5. The van der Waals surface area contributed by atoms with E-state index in [1.807, 2.05) is 71.6 Å². The van der Waals surface area contributed by atoms with Crippen LogP contribution in [0.25, 0.3) is 0 Å². The third-order valence-corrected chi connectivity index (χ3v) is 7.28. The fraction of sp³-hybridized carbons (Fsp3) is 0.259. The minimum Gasteiger partial charge on any atom is -0.489 e. The monoisotopic (exact) mass is 473 g/mol. The van der Waals surface area contributed by atoms with E-state index >= 15 is 0 Å². The highest BCUT2D eigenvalue weighted by Crippen LogP contribution is 2.30. The number of carbonyl (C=O) groups excluding carboxylic acids is 1. The summed E-state index contributed by atoms with van der Waals surface area (Å²) in [6.45, 7) is 3.31. The maximum atomic E-state index is 13.5. The highest BCUT2D eigenvalue weighted by atomic mass is 32.2. The van der Waals surface area contributed by atoms with Crippen LogP contribution in [0.15, 0.2) is 83.8 Å². The Morgan fingerprint density at radius 1 is 1.06 bits per heavy atom.